The van der Waals surface area contributed by atoms with Crippen LogP contribution >= 0.6 is 63.9 Å². The topological polar surface area (TPSA) is 159 Å². The summed E-state index contributed by atoms with van der Waals surface area (Å²) in [4.78, 5) is 23.4. The Balaban J connectivity index is 0.000000228. The number of aliphatic carboxylic acids is 1. The molecule has 12 nitrogen and oxygen atoms in total. The van der Waals surface area contributed by atoms with Crippen LogP contribution < -0.4 is 42.5 Å². The number of carbonyl (C=O) groups is 1. The van der Waals surface area contributed by atoms with E-state index in [0.29, 0.717) is 48.3 Å². The molecule has 4 aliphatic carbocycles. The van der Waals surface area contributed by atoms with Crippen molar-refractivity contribution < 1.29 is 36.2 Å². The van der Waals surface area contributed by atoms with Crippen LogP contribution in [0.5, 0.6) is 0 Å². The van der Waals surface area contributed by atoms with Gasteiger partial charge in [0.05, 0.1) is 28.5 Å². The summed E-state index contributed by atoms with van der Waals surface area (Å²) in [5.74, 6) is 0.489. The molecule has 2 aromatic heterocycles. The van der Waals surface area contributed by atoms with Crippen molar-refractivity contribution in [3.05, 3.63) is 47.0 Å². The van der Waals surface area contributed by atoms with Crippen LogP contribution in [0.2, 0.25) is 0 Å². The zero-order valence-electron chi connectivity index (χ0n) is 40.1. The second-order valence-corrected chi connectivity index (χ2v) is 25.0. The number of rotatable bonds is 7. The number of pyridine rings is 2. The van der Waals surface area contributed by atoms with Gasteiger partial charge in [0.25, 0.3) is 0 Å². The summed E-state index contributed by atoms with van der Waals surface area (Å²) in [6, 6.07) is 13.0. The molecule has 8 atom stereocenters. The Bertz CT molecular complexity index is 1610. The van der Waals surface area contributed by atoms with Gasteiger partial charge in [0.2, 0.25) is 0 Å². The summed E-state index contributed by atoms with van der Waals surface area (Å²) >= 11 is 3.39. The molecule has 4 saturated carbocycles. The van der Waals surface area contributed by atoms with E-state index < -0.39 is 5.97 Å². The number of carboxylic acids is 1. The first kappa shape index (κ1) is 59.2. The van der Waals surface area contributed by atoms with Gasteiger partial charge in [0, 0.05) is 110 Å². The van der Waals surface area contributed by atoms with Gasteiger partial charge < -0.3 is 47.6 Å². The van der Waals surface area contributed by atoms with E-state index in [1.807, 2.05) is 11.8 Å². The molecule has 4 heterocycles. The van der Waals surface area contributed by atoms with Crippen molar-refractivity contribution in [1.82, 2.24) is 52.5 Å². The summed E-state index contributed by atoms with van der Waals surface area (Å²) < 4.78 is 0. The summed E-state index contributed by atoms with van der Waals surface area (Å²) in [5, 5.41) is 39.7. The van der Waals surface area contributed by atoms with Crippen LogP contribution in [0.15, 0.2) is 34.1 Å². The molecule has 0 radical (unpaired) electrons. The molecular formula is C48H80Cl4Mn2N10O2S2. The van der Waals surface area contributed by atoms with Crippen molar-refractivity contribution in [1.29, 1.82) is 0 Å². The van der Waals surface area contributed by atoms with Gasteiger partial charge >= 0.3 is 72.6 Å². The van der Waals surface area contributed by atoms with Gasteiger partial charge in [-0.25, -0.2) is 0 Å². The van der Waals surface area contributed by atoms with E-state index in [-0.39, 0.29) is 32.0 Å². The van der Waals surface area contributed by atoms with Gasteiger partial charge in [-0.1, -0.05) is 64.7 Å². The van der Waals surface area contributed by atoms with Gasteiger partial charge in [-0.2, -0.15) is 0 Å². The molecule has 6 aliphatic rings. The molecule has 4 bridgehead atoms. The van der Waals surface area contributed by atoms with E-state index in [2.05, 4.69) is 73.7 Å². The molecule has 8 rings (SSSR count). The van der Waals surface area contributed by atoms with Crippen LogP contribution in [0.1, 0.15) is 145 Å². The second kappa shape index (κ2) is 35.5. The van der Waals surface area contributed by atoms with E-state index in [1.165, 1.54) is 149 Å². The van der Waals surface area contributed by atoms with Crippen molar-refractivity contribution in [2.75, 3.05) is 37.7 Å². The molecule has 20 heteroatoms. The number of aromatic nitrogens is 2. The number of hydrogen-bond donors (Lipinski definition) is 9. The number of hydrogen-bond acceptors (Lipinski definition) is 13. The number of halogens is 4. The van der Waals surface area contributed by atoms with Gasteiger partial charge in [-0.05, 0) is 87.8 Å². The number of unbranched alkanes of at least 4 members (excludes halogenated alkanes) is 1. The number of fused-ring (bicyclic) bond motifs is 8. The van der Waals surface area contributed by atoms with Crippen LogP contribution in [0.4, 0.5) is 0 Å². The zero-order valence-corrected chi connectivity index (χ0v) is 47.1. The van der Waals surface area contributed by atoms with E-state index in [1.54, 1.807) is 0 Å². The predicted octanol–water partition coefficient (Wildman–Crippen LogP) is 8.97. The summed E-state index contributed by atoms with van der Waals surface area (Å²) in [6.45, 7) is 9.62. The van der Waals surface area contributed by atoms with Crippen LogP contribution in [0.25, 0.3) is 0 Å². The third-order valence-electron chi connectivity index (χ3n) is 14.1. The van der Waals surface area contributed by atoms with E-state index in [0.717, 1.165) is 68.6 Å². The van der Waals surface area contributed by atoms with E-state index >= 15 is 0 Å². The fourth-order valence-corrected chi connectivity index (χ4v) is 12.5. The first-order chi connectivity index (χ1) is 33.3. The maximum absolute atomic E-state index is 11.1. The fourth-order valence-electron chi connectivity index (χ4n) is 10.7. The molecule has 68 heavy (non-hydrogen) atoms. The second-order valence-electron chi connectivity index (χ2n) is 18.9. The Kier molecular flexibility index (Phi) is 30.9. The molecular weight excluding hydrogens is 1060 g/mol. The zero-order chi connectivity index (χ0) is 48.2. The first-order valence-corrected chi connectivity index (χ1v) is 33.9. The minimum atomic E-state index is -0.785. The van der Waals surface area contributed by atoms with Gasteiger partial charge in [-0.3, -0.25) is 14.8 Å². The van der Waals surface area contributed by atoms with Crippen LogP contribution in [0.3, 0.4) is 0 Å². The predicted molar refractivity (Wildman–Crippen MR) is 279 cm³/mol. The fraction of sp³-hybridized carbons (Fsp3) is 0.771. The number of thioether (sulfide) groups is 2. The van der Waals surface area contributed by atoms with Crippen molar-refractivity contribution >= 4 is 69.9 Å². The number of carboxylic acid groups (broad SMARTS) is 1. The number of nitrogens with one attached hydrogen (secondary N) is 8. The van der Waals surface area contributed by atoms with E-state index in [4.69, 9.17) is 55.5 Å². The Morgan fingerprint density at radius 3 is 1.04 bits per heavy atom. The molecule has 0 unspecified atom stereocenters. The Morgan fingerprint density at radius 2 is 0.779 bits per heavy atom. The summed E-state index contributed by atoms with van der Waals surface area (Å²) in [5.41, 5.74) is 4.42. The van der Waals surface area contributed by atoms with Crippen molar-refractivity contribution in [2.45, 2.75) is 207 Å². The number of nitrogens with zero attached hydrogens (tertiary/aromatic N) is 2. The molecule has 4 fully saturated rings. The molecule has 0 amide bonds. The quantitative estimate of drug-likeness (QED) is 0.0735. The standard InChI is InChI=1S/C25H43N5S.C23H37N5O2S.4ClH.2Mn/c1-2-3-14-31-21-15-19-17-28-24-10-6-4-8-22(24)26-12-13-27-23-9-5-7-11-25(23)29-18-20(16-21)30-19;29-23(30)15-31-18-11-16-13-26-21-7-3-1-5-19(21)24-9-10-25-20-6-2-4-8-22(20)27-14-17(12-18)28-16;;;;;;/h15-16,22-29H,2-14,17-18H2,1H3;11-12,19-22,24-27H,1-10,13-15H2,(H,29,30);4*1H;;/q;;;;;;2*+2/p-4/t22-,23-,24-,25-;19-,20-,21-,22-;;;;;;/m11....../s1. The molecule has 0 spiro atoms. The molecule has 0 aromatic carbocycles. The maximum atomic E-state index is 11.1. The van der Waals surface area contributed by atoms with Crippen LogP contribution in [-0.4, -0.2) is 107 Å². The van der Waals surface area contributed by atoms with Gasteiger partial charge in [0.15, 0.2) is 0 Å². The minimum absolute atomic E-state index is 0.00694. The van der Waals surface area contributed by atoms with Crippen molar-refractivity contribution in [3.8, 4) is 0 Å². The molecule has 2 aromatic rings. The van der Waals surface area contributed by atoms with Gasteiger partial charge in [0.1, 0.15) is 0 Å². The monoisotopic (exact) mass is 1140 g/mol. The first-order valence-electron chi connectivity index (χ1n) is 25.4. The molecule has 388 valence electrons. The summed E-state index contributed by atoms with van der Waals surface area (Å²) in [6.07, 6.45) is 23.0. The molecule has 2 aliphatic heterocycles. The van der Waals surface area contributed by atoms with Crippen molar-refractivity contribution in [3.63, 3.8) is 0 Å². The Labute approximate surface area is 446 Å². The van der Waals surface area contributed by atoms with Crippen LogP contribution in [-0.2, 0) is 57.2 Å². The third-order valence-corrected chi connectivity index (χ3v) is 16.1. The normalized spacial score (nSPS) is 28.2. The Morgan fingerprint density at radius 1 is 0.515 bits per heavy atom. The molecule has 9 N–H and O–H groups in total. The summed E-state index contributed by atoms with van der Waals surface area (Å²) in [7, 11) is 19.2. The SMILES string of the molecule is CCCCSc1cc2nc(c1)CN[C@@H]1CCCC[C@H]1NCCN[C@@H]1CCCC[C@H]1NC2.O=C(O)CSc1cc2nc(c1)CN[C@@H]1CCCC[C@H]1NCCN[C@@H]1CCCC[C@H]1NC2.[Cl][Mn][Cl].[Cl][Mn][Cl]. The molecule has 0 saturated heterocycles. The van der Waals surface area contributed by atoms with Crippen molar-refractivity contribution in [2.24, 2.45) is 0 Å². The third kappa shape index (κ3) is 22.4. The van der Waals surface area contributed by atoms with E-state index in [9.17, 15) is 4.79 Å². The average molecular weight is 1150 g/mol. The van der Waals surface area contributed by atoms with Gasteiger partial charge in [-0.15, -0.1) is 23.5 Å². The Hall–Kier alpha value is 0.349. The van der Waals surface area contributed by atoms with Crippen LogP contribution in [0, 0.1) is 0 Å². The average Bonchev–Trinajstić information content (AvgIpc) is 3.35.